The number of carbonyl (C=O) groups is 1. The van der Waals surface area contributed by atoms with Crippen molar-refractivity contribution >= 4 is 27.5 Å². The van der Waals surface area contributed by atoms with Crippen LogP contribution in [0.3, 0.4) is 0 Å². The van der Waals surface area contributed by atoms with Crippen LogP contribution in [-0.2, 0) is 30.9 Å². The van der Waals surface area contributed by atoms with E-state index in [0.29, 0.717) is 36.8 Å². The molecule has 0 heterocycles. The molecule has 0 saturated heterocycles. The van der Waals surface area contributed by atoms with Gasteiger partial charge in [0, 0.05) is 49.2 Å². The average molecular weight is 748 g/mol. The molecule has 13 heteroatoms. The Morgan fingerprint density at radius 1 is 1.04 bits per heavy atom. The van der Waals surface area contributed by atoms with E-state index >= 15 is 0 Å². The van der Waals surface area contributed by atoms with E-state index in [1.54, 1.807) is 19.2 Å². The first-order chi connectivity index (χ1) is 24.2. The maximum absolute atomic E-state index is 13.6. The highest BCUT2D eigenvalue weighted by Crippen LogP contribution is 2.32. The molecule has 0 bridgehead atoms. The van der Waals surface area contributed by atoms with Crippen molar-refractivity contribution in [3.05, 3.63) is 95.1 Å². The molecule has 0 unspecified atom stereocenters. The van der Waals surface area contributed by atoms with Crippen molar-refractivity contribution < 1.29 is 36.9 Å². The fourth-order valence-electron chi connectivity index (χ4n) is 5.27. The summed E-state index contributed by atoms with van der Waals surface area (Å²) < 4.78 is 58.8. The molecule has 4 atom stereocenters. The highest BCUT2D eigenvalue weighted by molar-refractivity contribution is 7.89. The molecule has 3 rings (SSSR count). The molecule has 51 heavy (non-hydrogen) atoms. The Balaban J connectivity index is 1.64. The van der Waals surface area contributed by atoms with Gasteiger partial charge in [0.05, 0.1) is 23.3 Å². The van der Waals surface area contributed by atoms with Crippen LogP contribution in [0, 0.1) is 23.6 Å². The van der Waals surface area contributed by atoms with Crippen molar-refractivity contribution in [3.63, 3.8) is 0 Å². The van der Waals surface area contributed by atoms with Gasteiger partial charge in [-0.05, 0) is 71.8 Å². The number of hydrogen-bond donors (Lipinski definition) is 4. The highest BCUT2D eigenvalue weighted by Gasteiger charge is 2.30. The third-order valence-electron chi connectivity index (χ3n) is 8.70. The van der Waals surface area contributed by atoms with Gasteiger partial charge in [-0.25, -0.2) is 17.5 Å². The number of aliphatic hydroxyl groups is 1. The molecule has 0 aromatic heterocycles. The Morgan fingerprint density at radius 2 is 1.73 bits per heavy atom. The minimum Gasteiger partial charge on any atom is -0.495 e. The molecule has 280 valence electrons. The lowest BCUT2D eigenvalue weighted by Crippen LogP contribution is -2.50. The largest absolute Gasteiger partial charge is 0.495 e. The predicted molar refractivity (Wildman–Crippen MR) is 198 cm³/mol. The number of carbonyl (C=O) groups excluding carboxylic acids is 1. The fourth-order valence-corrected chi connectivity index (χ4v) is 6.45. The molecular weight excluding hydrogens is 697 g/mol. The smallest absolute Gasteiger partial charge is 0.240 e. The van der Waals surface area contributed by atoms with E-state index in [2.05, 4.69) is 10.0 Å². The summed E-state index contributed by atoms with van der Waals surface area (Å²) in [6, 6.07) is 17.1. The van der Waals surface area contributed by atoms with Crippen molar-refractivity contribution in [1.29, 1.82) is 0 Å². The zero-order valence-corrected chi connectivity index (χ0v) is 31.5. The van der Waals surface area contributed by atoms with Gasteiger partial charge in [-0.3, -0.25) is 4.79 Å². The third-order valence-corrected chi connectivity index (χ3v) is 10.4. The van der Waals surface area contributed by atoms with Crippen LogP contribution in [0.1, 0.15) is 52.5 Å². The number of nitrogens with one attached hydrogen (secondary N) is 2. The number of nitrogens with two attached hydrogens (primary N) is 1. The van der Waals surface area contributed by atoms with Gasteiger partial charge in [-0.2, -0.15) is 0 Å². The number of amides is 1. The summed E-state index contributed by atoms with van der Waals surface area (Å²) in [5.41, 5.74) is 8.64. The summed E-state index contributed by atoms with van der Waals surface area (Å²) in [5, 5.41) is 14.4. The number of hydrogen-bond acceptors (Lipinski definition) is 8. The monoisotopic (exact) mass is 747 g/mol. The van der Waals surface area contributed by atoms with Crippen LogP contribution >= 0.6 is 11.6 Å². The molecule has 0 fully saturated rings. The summed E-state index contributed by atoms with van der Waals surface area (Å²) in [6.45, 7) is 8.73. The molecule has 10 nitrogen and oxygen atoms in total. The van der Waals surface area contributed by atoms with Crippen molar-refractivity contribution in [3.8, 4) is 16.9 Å². The third kappa shape index (κ3) is 13.1. The molecule has 0 aliphatic heterocycles. The van der Waals surface area contributed by atoms with E-state index in [1.165, 1.54) is 42.7 Å². The van der Waals surface area contributed by atoms with Crippen molar-refractivity contribution in [1.82, 2.24) is 10.0 Å². The lowest BCUT2D eigenvalue weighted by molar-refractivity contribution is -0.128. The second-order valence-corrected chi connectivity index (χ2v) is 15.1. The number of methoxy groups -OCH3 is 1. The lowest BCUT2D eigenvalue weighted by atomic mass is 9.87. The topological polar surface area (TPSA) is 149 Å². The summed E-state index contributed by atoms with van der Waals surface area (Å²) in [7, 11) is -2.21. The van der Waals surface area contributed by atoms with E-state index in [-0.39, 0.29) is 53.7 Å². The first-order valence-corrected chi connectivity index (χ1v) is 18.9. The quantitative estimate of drug-likeness (QED) is 0.0722. The van der Waals surface area contributed by atoms with Crippen LogP contribution in [0.25, 0.3) is 11.1 Å². The number of sulfonamides is 1. The zero-order valence-electron chi connectivity index (χ0n) is 29.9. The van der Waals surface area contributed by atoms with Gasteiger partial charge in [0.1, 0.15) is 24.4 Å². The predicted octanol–water partition coefficient (Wildman–Crippen LogP) is 6.41. The Kier molecular flexibility index (Phi) is 16.7. The second kappa shape index (κ2) is 20.4. The minimum absolute atomic E-state index is 0.0141. The van der Waals surface area contributed by atoms with E-state index < -0.39 is 28.1 Å². The number of aliphatic hydroxyl groups excluding tert-OH is 1. The van der Waals surface area contributed by atoms with Crippen LogP contribution in [0.2, 0.25) is 5.02 Å². The Morgan fingerprint density at radius 3 is 2.35 bits per heavy atom. The molecule has 0 radical (unpaired) electrons. The second-order valence-electron chi connectivity index (χ2n) is 12.9. The van der Waals surface area contributed by atoms with Gasteiger partial charge in [0.15, 0.2) is 0 Å². The van der Waals surface area contributed by atoms with Gasteiger partial charge in [0.2, 0.25) is 15.9 Å². The maximum atomic E-state index is 13.6. The van der Waals surface area contributed by atoms with Crippen molar-refractivity contribution in [2.24, 2.45) is 23.5 Å². The summed E-state index contributed by atoms with van der Waals surface area (Å²) in [6.07, 6.45) is 1.53. The molecule has 3 aromatic rings. The normalized spacial score (nSPS) is 14.5. The maximum Gasteiger partial charge on any atom is 0.240 e. The molecule has 5 N–H and O–H groups in total. The van der Waals surface area contributed by atoms with Crippen molar-refractivity contribution in [2.45, 2.75) is 70.6 Å². The van der Waals surface area contributed by atoms with Crippen LogP contribution in [0.4, 0.5) is 4.39 Å². The Bertz CT molecular complexity index is 1670. The Hall–Kier alpha value is -3.68. The van der Waals surface area contributed by atoms with Crippen LogP contribution in [0.5, 0.6) is 5.75 Å². The van der Waals surface area contributed by atoms with Gasteiger partial charge >= 0.3 is 0 Å². The van der Waals surface area contributed by atoms with Gasteiger partial charge in [0.25, 0.3) is 0 Å². The number of halogens is 2. The number of benzene rings is 3. The van der Waals surface area contributed by atoms with E-state index in [0.717, 1.165) is 16.7 Å². The first kappa shape index (κ1) is 41.7. The molecule has 0 saturated carbocycles. The molecule has 3 aromatic carbocycles. The SMILES string of the molecule is CC[C@H](C)[C@@H](CNS(=O)(=O)c1ccc(Cl)cc1)NC(=O)[C@@H](C[C@H](O)/C(N)=C\OCc1ccc(-c2ccc(F)cc2)c(OCCCOC)c1)C(C)C. The van der Waals surface area contributed by atoms with Crippen LogP contribution < -0.4 is 20.5 Å². The standard InChI is InChI=1S/C38H51ClFN3O7S/c1-6-26(4)35(22-42-51(46,47)31-15-11-29(39)12-16-31)43-38(45)33(25(2)3)21-36(44)34(41)24-49-23-27-8-17-32(28-9-13-30(40)14-10-28)37(20-27)50-19-7-18-48-5/h8-17,20,24-26,33,35-36,42,44H,6-7,18-19,21-23,41H2,1-5H3,(H,43,45)/b34-24+/t26-,33-,35+,36-/m0/s1. The molecule has 0 aliphatic carbocycles. The lowest BCUT2D eigenvalue weighted by Gasteiger charge is -2.29. The molecule has 0 aliphatic rings. The van der Waals surface area contributed by atoms with Crippen LogP contribution in [0.15, 0.2) is 83.6 Å². The molecule has 0 spiro atoms. The first-order valence-electron chi connectivity index (χ1n) is 17.1. The van der Waals surface area contributed by atoms with E-state index in [9.17, 15) is 22.7 Å². The average Bonchev–Trinajstić information content (AvgIpc) is 3.10. The summed E-state index contributed by atoms with van der Waals surface area (Å²) >= 11 is 5.91. The summed E-state index contributed by atoms with van der Waals surface area (Å²) in [5.74, 6) is -0.853. The Labute approximate surface area is 306 Å². The van der Waals surface area contributed by atoms with Gasteiger partial charge in [-0.15, -0.1) is 0 Å². The number of ether oxygens (including phenoxy) is 3. The van der Waals surface area contributed by atoms with E-state index in [1.807, 2.05) is 45.9 Å². The van der Waals surface area contributed by atoms with E-state index in [4.69, 9.17) is 31.5 Å². The summed E-state index contributed by atoms with van der Waals surface area (Å²) in [4.78, 5) is 13.6. The van der Waals surface area contributed by atoms with Gasteiger partial charge < -0.3 is 30.4 Å². The van der Waals surface area contributed by atoms with Crippen LogP contribution in [-0.4, -0.2) is 58.4 Å². The fraction of sp³-hybridized carbons (Fsp3) is 0.447. The molecular formula is C38H51ClFN3O7S. The number of rotatable bonds is 21. The minimum atomic E-state index is -3.83. The molecule has 1 amide bonds. The highest BCUT2D eigenvalue weighted by atomic mass is 35.5. The zero-order chi connectivity index (χ0) is 37.6. The van der Waals surface area contributed by atoms with Crippen molar-refractivity contribution in [2.75, 3.05) is 26.9 Å². The van der Waals surface area contributed by atoms with Gasteiger partial charge in [-0.1, -0.05) is 70.0 Å².